The number of hydrogen-bond donors (Lipinski definition) is 2. The highest BCUT2D eigenvalue weighted by molar-refractivity contribution is 4.93. The van der Waals surface area contributed by atoms with Crippen LogP contribution < -0.4 is 5.73 Å². The zero-order chi connectivity index (χ0) is 8.48. The Morgan fingerprint density at radius 3 is 2.09 bits per heavy atom. The third kappa shape index (κ3) is 1.42. The summed E-state index contributed by atoms with van der Waals surface area (Å²) in [6.07, 6.45) is 3.49. The molecule has 66 valence electrons. The second kappa shape index (κ2) is 3.11. The molecule has 1 fully saturated rings. The van der Waals surface area contributed by atoms with Crippen molar-refractivity contribution in [1.29, 1.82) is 0 Å². The number of rotatable bonds is 1. The first-order chi connectivity index (χ1) is 5.11. The van der Waals surface area contributed by atoms with Crippen molar-refractivity contribution in [2.75, 3.05) is 6.54 Å². The van der Waals surface area contributed by atoms with Crippen molar-refractivity contribution in [3.8, 4) is 0 Å². The van der Waals surface area contributed by atoms with E-state index in [-0.39, 0.29) is 0 Å². The van der Waals surface area contributed by atoms with Gasteiger partial charge in [-0.2, -0.15) is 0 Å². The van der Waals surface area contributed by atoms with Gasteiger partial charge in [-0.3, -0.25) is 0 Å². The summed E-state index contributed by atoms with van der Waals surface area (Å²) in [7, 11) is 0. The number of aliphatic hydroxyl groups is 1. The predicted octanol–water partition coefficient (Wildman–Crippen LogP) is 1.13. The van der Waals surface area contributed by atoms with Crippen molar-refractivity contribution in [3.05, 3.63) is 0 Å². The van der Waals surface area contributed by atoms with Gasteiger partial charge in [0.1, 0.15) is 0 Å². The van der Waals surface area contributed by atoms with E-state index in [4.69, 9.17) is 5.73 Å². The minimum atomic E-state index is -0.585. The molecule has 0 aromatic carbocycles. The molecule has 0 aromatic rings. The lowest BCUT2D eigenvalue weighted by molar-refractivity contribution is -0.0741. The highest BCUT2D eigenvalue weighted by atomic mass is 16.3. The summed E-state index contributed by atoms with van der Waals surface area (Å²) in [5.41, 5.74) is 4.98. The van der Waals surface area contributed by atoms with Gasteiger partial charge in [0, 0.05) is 6.54 Å². The van der Waals surface area contributed by atoms with Crippen molar-refractivity contribution in [2.45, 2.75) is 38.7 Å². The molecule has 2 nitrogen and oxygen atoms in total. The molecular weight excluding hydrogens is 138 g/mol. The van der Waals surface area contributed by atoms with E-state index in [0.29, 0.717) is 18.4 Å². The van der Waals surface area contributed by atoms with Gasteiger partial charge in [0.25, 0.3) is 0 Å². The van der Waals surface area contributed by atoms with Gasteiger partial charge in [0.2, 0.25) is 0 Å². The topological polar surface area (TPSA) is 46.2 Å². The minimum Gasteiger partial charge on any atom is -0.388 e. The Morgan fingerprint density at radius 2 is 1.82 bits per heavy atom. The third-order valence-electron chi connectivity index (χ3n) is 3.31. The van der Waals surface area contributed by atoms with Crippen molar-refractivity contribution < 1.29 is 5.11 Å². The van der Waals surface area contributed by atoms with E-state index in [1.807, 2.05) is 0 Å². The highest BCUT2D eigenvalue weighted by Crippen LogP contribution is 2.37. The fourth-order valence-corrected chi connectivity index (χ4v) is 2.12. The Kier molecular flexibility index (Phi) is 2.55. The lowest BCUT2D eigenvalue weighted by Gasteiger charge is -2.42. The lowest BCUT2D eigenvalue weighted by Crippen LogP contribution is -2.51. The molecule has 0 heterocycles. The molecule has 1 aliphatic carbocycles. The van der Waals surface area contributed by atoms with E-state index in [2.05, 4.69) is 13.8 Å². The summed E-state index contributed by atoms with van der Waals surface area (Å²) < 4.78 is 0. The molecule has 0 spiro atoms. The molecule has 1 saturated carbocycles. The van der Waals surface area contributed by atoms with Gasteiger partial charge >= 0.3 is 0 Å². The zero-order valence-corrected chi connectivity index (χ0v) is 7.51. The maximum Gasteiger partial charge on any atom is 0.0820 e. The summed E-state index contributed by atoms with van der Waals surface area (Å²) in [6.45, 7) is 4.61. The standard InChI is InChI=1S/C9H19NO/c1-7-4-3-5-8(2)9(7,11)6-10/h7-8,11H,3-6,10H2,1-2H3. The van der Waals surface area contributed by atoms with E-state index >= 15 is 0 Å². The monoisotopic (exact) mass is 157 g/mol. The van der Waals surface area contributed by atoms with Crippen LogP contribution >= 0.6 is 0 Å². The van der Waals surface area contributed by atoms with Gasteiger partial charge in [-0.25, -0.2) is 0 Å². The Labute approximate surface area is 68.8 Å². The molecule has 0 aliphatic heterocycles. The summed E-state index contributed by atoms with van der Waals surface area (Å²) in [5, 5.41) is 10.1. The van der Waals surface area contributed by atoms with E-state index in [1.165, 1.54) is 6.42 Å². The van der Waals surface area contributed by atoms with E-state index < -0.39 is 5.60 Å². The molecule has 0 bridgehead atoms. The van der Waals surface area contributed by atoms with Gasteiger partial charge in [-0.05, 0) is 24.7 Å². The van der Waals surface area contributed by atoms with Gasteiger partial charge in [-0.1, -0.05) is 20.3 Å². The van der Waals surface area contributed by atoms with Crippen LogP contribution in [0, 0.1) is 11.8 Å². The summed E-state index contributed by atoms with van der Waals surface area (Å²) in [4.78, 5) is 0. The van der Waals surface area contributed by atoms with Crippen LogP contribution in [0.2, 0.25) is 0 Å². The van der Waals surface area contributed by atoms with Crippen LogP contribution in [-0.4, -0.2) is 17.3 Å². The van der Waals surface area contributed by atoms with Crippen molar-refractivity contribution in [2.24, 2.45) is 17.6 Å². The molecule has 2 unspecified atom stereocenters. The van der Waals surface area contributed by atoms with Crippen molar-refractivity contribution in [3.63, 3.8) is 0 Å². The van der Waals surface area contributed by atoms with Crippen LogP contribution in [0.5, 0.6) is 0 Å². The Balaban J connectivity index is 2.69. The Hall–Kier alpha value is -0.0800. The van der Waals surface area contributed by atoms with Gasteiger partial charge in [-0.15, -0.1) is 0 Å². The molecule has 2 heteroatoms. The first kappa shape index (κ1) is 9.01. The zero-order valence-electron chi connectivity index (χ0n) is 7.51. The van der Waals surface area contributed by atoms with Crippen LogP contribution in [-0.2, 0) is 0 Å². The largest absolute Gasteiger partial charge is 0.388 e. The quantitative estimate of drug-likeness (QED) is 0.599. The van der Waals surface area contributed by atoms with E-state index in [9.17, 15) is 5.11 Å². The van der Waals surface area contributed by atoms with E-state index in [0.717, 1.165) is 12.8 Å². The molecule has 1 aliphatic rings. The fourth-order valence-electron chi connectivity index (χ4n) is 2.12. The van der Waals surface area contributed by atoms with Crippen LogP contribution in [0.25, 0.3) is 0 Å². The van der Waals surface area contributed by atoms with Crippen LogP contribution in [0.4, 0.5) is 0 Å². The lowest BCUT2D eigenvalue weighted by atomic mass is 9.70. The number of hydrogen-bond acceptors (Lipinski definition) is 2. The van der Waals surface area contributed by atoms with Gasteiger partial charge in [0.05, 0.1) is 5.60 Å². The molecule has 11 heavy (non-hydrogen) atoms. The minimum absolute atomic E-state index is 0.372. The number of nitrogens with two attached hydrogens (primary N) is 1. The first-order valence-electron chi connectivity index (χ1n) is 4.53. The molecule has 0 radical (unpaired) electrons. The molecule has 2 atom stereocenters. The van der Waals surface area contributed by atoms with Crippen molar-refractivity contribution >= 4 is 0 Å². The highest BCUT2D eigenvalue weighted by Gasteiger charge is 2.40. The third-order valence-corrected chi connectivity index (χ3v) is 3.31. The normalized spacial score (nSPS) is 45.8. The Bertz CT molecular complexity index is 126. The van der Waals surface area contributed by atoms with Crippen molar-refractivity contribution in [1.82, 2.24) is 0 Å². The maximum atomic E-state index is 10.1. The van der Waals surface area contributed by atoms with Crippen LogP contribution in [0.15, 0.2) is 0 Å². The predicted molar refractivity (Wildman–Crippen MR) is 46.2 cm³/mol. The summed E-state index contributed by atoms with van der Waals surface area (Å²) >= 11 is 0. The second-order valence-electron chi connectivity index (χ2n) is 3.93. The SMILES string of the molecule is CC1CCCC(C)C1(O)CN. The van der Waals surface area contributed by atoms with Crippen LogP contribution in [0.3, 0.4) is 0 Å². The molecule has 0 aromatic heterocycles. The van der Waals surface area contributed by atoms with E-state index in [1.54, 1.807) is 0 Å². The van der Waals surface area contributed by atoms with Crippen LogP contribution in [0.1, 0.15) is 33.1 Å². The molecule has 0 saturated heterocycles. The second-order valence-corrected chi connectivity index (χ2v) is 3.93. The maximum absolute atomic E-state index is 10.1. The average Bonchev–Trinajstić information content (AvgIpc) is 2.00. The molecule has 1 rings (SSSR count). The van der Waals surface area contributed by atoms with Gasteiger partial charge in [0.15, 0.2) is 0 Å². The summed E-state index contributed by atoms with van der Waals surface area (Å²) in [5.74, 6) is 0.743. The Morgan fingerprint density at radius 1 is 1.36 bits per heavy atom. The fraction of sp³-hybridized carbons (Fsp3) is 1.00. The summed E-state index contributed by atoms with van der Waals surface area (Å²) in [6, 6.07) is 0. The van der Waals surface area contributed by atoms with Gasteiger partial charge < -0.3 is 10.8 Å². The average molecular weight is 157 g/mol. The first-order valence-corrected chi connectivity index (χ1v) is 4.53. The molecule has 0 amide bonds. The smallest absolute Gasteiger partial charge is 0.0820 e. The molecular formula is C9H19NO. The molecule has 3 N–H and O–H groups in total.